The van der Waals surface area contributed by atoms with Crippen LogP contribution in [0.5, 0.6) is 11.5 Å². The number of hydrogen-bond acceptors (Lipinski definition) is 6. The topological polar surface area (TPSA) is 82.1 Å². The number of hydrogen-bond donors (Lipinski definition) is 0. The Bertz CT molecular complexity index is 1330. The van der Waals surface area contributed by atoms with E-state index >= 15 is 0 Å². The molecule has 35 heavy (non-hydrogen) atoms. The zero-order chi connectivity index (χ0) is 24.4. The molecule has 0 aliphatic carbocycles. The number of carbonyl (C=O) groups excluding carboxylic acids is 3. The molecule has 0 spiro atoms. The molecule has 5 rings (SSSR count). The van der Waals surface area contributed by atoms with Gasteiger partial charge in [0.15, 0.2) is 17.8 Å². The van der Waals surface area contributed by atoms with Gasteiger partial charge < -0.3 is 19.0 Å². The van der Waals surface area contributed by atoms with E-state index in [4.69, 9.17) is 14.2 Å². The smallest absolute Gasteiger partial charge is 0.338 e. The molecule has 1 unspecified atom stereocenters. The van der Waals surface area contributed by atoms with Crippen molar-refractivity contribution in [2.24, 2.45) is 0 Å². The number of benzene rings is 3. The Morgan fingerprint density at radius 1 is 1.03 bits per heavy atom. The molecule has 7 nitrogen and oxygen atoms in total. The number of rotatable bonds is 6. The van der Waals surface area contributed by atoms with Crippen molar-refractivity contribution in [3.8, 4) is 11.5 Å². The van der Waals surface area contributed by atoms with Crippen LogP contribution in [0.3, 0.4) is 0 Å². The Hall–Kier alpha value is -4.39. The molecule has 0 saturated heterocycles. The van der Waals surface area contributed by atoms with Gasteiger partial charge in [0.2, 0.25) is 6.79 Å². The molecule has 0 fully saturated rings. The van der Waals surface area contributed by atoms with Crippen LogP contribution >= 0.6 is 0 Å². The number of aldehydes is 1. The normalized spacial score (nSPS) is 17.6. The minimum Gasteiger partial charge on any atom is -0.462 e. The lowest BCUT2D eigenvalue weighted by Crippen LogP contribution is -2.51. The van der Waals surface area contributed by atoms with Crippen LogP contribution in [0.15, 0.2) is 72.9 Å². The molecule has 176 valence electrons. The fourth-order valence-electron chi connectivity index (χ4n) is 4.57. The van der Waals surface area contributed by atoms with Crippen LogP contribution in [-0.2, 0) is 21.5 Å². The van der Waals surface area contributed by atoms with Crippen LogP contribution < -0.4 is 9.47 Å². The second-order valence-corrected chi connectivity index (χ2v) is 8.25. The molecule has 1 atom stereocenters. The number of carbonyl (C=O) groups is 3. The maximum Gasteiger partial charge on any atom is 0.338 e. The first kappa shape index (κ1) is 22.4. The molecule has 2 aliphatic rings. The van der Waals surface area contributed by atoms with E-state index in [0.717, 1.165) is 11.8 Å². The second kappa shape index (κ2) is 9.10. The van der Waals surface area contributed by atoms with E-state index in [1.807, 2.05) is 6.07 Å². The van der Waals surface area contributed by atoms with Gasteiger partial charge in [0.25, 0.3) is 5.91 Å². The van der Waals surface area contributed by atoms with Crippen molar-refractivity contribution in [1.82, 2.24) is 4.90 Å². The first-order chi connectivity index (χ1) is 17.1. The predicted octanol–water partition coefficient (Wildman–Crippen LogP) is 4.36. The Labute approximate surface area is 202 Å². The minimum absolute atomic E-state index is 0.0566. The summed E-state index contributed by atoms with van der Waals surface area (Å²) < 4.78 is 16.3. The van der Waals surface area contributed by atoms with Crippen LogP contribution in [0, 0.1) is 0 Å². The van der Waals surface area contributed by atoms with Gasteiger partial charge in [-0.15, -0.1) is 0 Å². The third-order valence-corrected chi connectivity index (χ3v) is 6.25. The average Bonchev–Trinajstić information content (AvgIpc) is 3.36. The number of nitrogens with zero attached hydrogens (tertiary/aromatic N) is 1. The van der Waals surface area contributed by atoms with Crippen LogP contribution in [0.25, 0.3) is 6.08 Å². The molecule has 3 aromatic rings. The summed E-state index contributed by atoms with van der Waals surface area (Å²) in [6, 6.07) is 19.3. The minimum atomic E-state index is -1.44. The zero-order valence-electron chi connectivity index (χ0n) is 19.1. The maximum atomic E-state index is 13.7. The summed E-state index contributed by atoms with van der Waals surface area (Å²) in [7, 11) is 0. The highest BCUT2D eigenvalue weighted by Crippen LogP contribution is 2.45. The third-order valence-electron chi connectivity index (χ3n) is 6.25. The summed E-state index contributed by atoms with van der Waals surface area (Å²) >= 11 is 0. The SMILES string of the molecule is CCOC(=O)c1ccccc1CC1(C=O)c2cc3c(cc2C=CN1C(=O)c1ccccc1)OCO3. The van der Waals surface area contributed by atoms with Crippen LogP contribution in [-0.4, -0.2) is 36.5 Å². The first-order valence-corrected chi connectivity index (χ1v) is 11.3. The molecule has 3 aromatic carbocycles. The van der Waals surface area contributed by atoms with Crippen LogP contribution in [0.1, 0.15) is 44.3 Å². The molecular weight excluding hydrogens is 446 g/mol. The fourth-order valence-corrected chi connectivity index (χ4v) is 4.57. The lowest BCUT2D eigenvalue weighted by molar-refractivity contribution is -0.116. The van der Waals surface area contributed by atoms with Gasteiger partial charge in [-0.05, 0) is 60.0 Å². The fraction of sp³-hybridized carbons (Fsp3) is 0.179. The Morgan fingerprint density at radius 3 is 2.49 bits per heavy atom. The van der Waals surface area contributed by atoms with E-state index in [-0.39, 0.29) is 25.7 Å². The number of amides is 1. The van der Waals surface area contributed by atoms with E-state index in [9.17, 15) is 14.4 Å². The number of fused-ring (bicyclic) bond motifs is 2. The van der Waals surface area contributed by atoms with Crippen molar-refractivity contribution >= 4 is 24.2 Å². The highest BCUT2D eigenvalue weighted by Gasteiger charge is 2.45. The van der Waals surface area contributed by atoms with E-state index in [1.165, 1.54) is 4.90 Å². The molecule has 0 radical (unpaired) electrons. The van der Waals surface area contributed by atoms with E-state index < -0.39 is 11.5 Å². The summed E-state index contributed by atoms with van der Waals surface area (Å²) in [5.41, 5.74) is 1.24. The van der Waals surface area contributed by atoms with E-state index in [2.05, 4.69) is 0 Å². The summed E-state index contributed by atoms with van der Waals surface area (Å²) in [6.07, 6.45) is 4.21. The summed E-state index contributed by atoms with van der Waals surface area (Å²) in [5, 5.41) is 0. The van der Waals surface area contributed by atoms with Crippen molar-refractivity contribution in [2.75, 3.05) is 13.4 Å². The van der Waals surface area contributed by atoms with Crippen molar-refractivity contribution in [2.45, 2.75) is 18.9 Å². The Balaban J connectivity index is 1.68. The van der Waals surface area contributed by atoms with Crippen molar-refractivity contribution in [3.63, 3.8) is 0 Å². The van der Waals surface area contributed by atoms with Gasteiger partial charge in [0, 0.05) is 18.2 Å². The van der Waals surface area contributed by atoms with E-state index in [0.29, 0.717) is 33.8 Å². The standard InChI is InChI=1S/C28H23NO6/c1-2-33-27(32)22-11-7-6-10-21(22)16-28(17-30)23-15-25-24(34-18-35-25)14-20(23)12-13-29(28)26(31)19-8-4-3-5-9-19/h3-15,17H,2,16,18H2,1H3. The monoisotopic (exact) mass is 469 g/mol. The molecule has 0 bridgehead atoms. The number of ether oxygens (including phenoxy) is 3. The average molecular weight is 469 g/mol. The maximum absolute atomic E-state index is 13.7. The van der Waals surface area contributed by atoms with Crippen molar-refractivity contribution in [3.05, 3.63) is 101 Å². The molecule has 2 aliphatic heterocycles. The highest BCUT2D eigenvalue weighted by molar-refractivity contribution is 5.99. The molecule has 0 N–H and O–H groups in total. The number of esters is 1. The molecule has 0 saturated carbocycles. The van der Waals surface area contributed by atoms with Gasteiger partial charge in [0.1, 0.15) is 5.54 Å². The van der Waals surface area contributed by atoms with Gasteiger partial charge in [0.05, 0.1) is 12.2 Å². The molecule has 1 amide bonds. The van der Waals surface area contributed by atoms with Crippen LogP contribution in [0.4, 0.5) is 0 Å². The summed E-state index contributed by atoms with van der Waals surface area (Å²) in [5.74, 6) is 0.243. The lowest BCUT2D eigenvalue weighted by atomic mass is 9.77. The lowest BCUT2D eigenvalue weighted by Gasteiger charge is -2.42. The van der Waals surface area contributed by atoms with Crippen molar-refractivity contribution < 1.29 is 28.6 Å². The van der Waals surface area contributed by atoms with Gasteiger partial charge in [-0.1, -0.05) is 36.4 Å². The zero-order valence-corrected chi connectivity index (χ0v) is 19.1. The Kier molecular flexibility index (Phi) is 5.82. The quantitative estimate of drug-likeness (QED) is 0.394. The summed E-state index contributed by atoms with van der Waals surface area (Å²) in [6.45, 7) is 2.03. The van der Waals surface area contributed by atoms with Gasteiger partial charge in [-0.3, -0.25) is 9.69 Å². The summed E-state index contributed by atoms with van der Waals surface area (Å²) in [4.78, 5) is 40.9. The van der Waals surface area contributed by atoms with E-state index in [1.54, 1.807) is 79.9 Å². The van der Waals surface area contributed by atoms with Gasteiger partial charge >= 0.3 is 5.97 Å². The second-order valence-electron chi connectivity index (χ2n) is 8.25. The molecule has 7 heteroatoms. The molecule has 2 heterocycles. The molecule has 0 aromatic heterocycles. The predicted molar refractivity (Wildman–Crippen MR) is 128 cm³/mol. The van der Waals surface area contributed by atoms with Crippen molar-refractivity contribution in [1.29, 1.82) is 0 Å². The van der Waals surface area contributed by atoms with Gasteiger partial charge in [-0.2, -0.15) is 0 Å². The Morgan fingerprint density at radius 2 is 1.74 bits per heavy atom. The first-order valence-electron chi connectivity index (χ1n) is 11.3. The largest absolute Gasteiger partial charge is 0.462 e. The van der Waals surface area contributed by atoms with Crippen LogP contribution in [0.2, 0.25) is 0 Å². The highest BCUT2D eigenvalue weighted by atomic mass is 16.7. The van der Waals surface area contributed by atoms with Gasteiger partial charge in [-0.25, -0.2) is 4.79 Å². The molecular formula is C28H23NO6. The third kappa shape index (κ3) is 3.85.